The average molecular weight is 195 g/mol. The summed E-state index contributed by atoms with van der Waals surface area (Å²) in [7, 11) is 0. The van der Waals surface area contributed by atoms with Crippen LogP contribution in [0.2, 0.25) is 0 Å². The molecule has 2 aromatic heterocycles. The number of aromatic nitrogens is 3. The van der Waals surface area contributed by atoms with Gasteiger partial charge < -0.3 is 5.11 Å². The molecule has 0 aliphatic rings. The molecular weight excluding hydrogens is 186 g/mol. The van der Waals surface area contributed by atoms with Crippen molar-refractivity contribution in [1.29, 1.82) is 0 Å². The number of aliphatic hydroxyl groups excluding tert-OH is 1. The van der Waals surface area contributed by atoms with Crippen LogP contribution in [0.25, 0.3) is 0 Å². The van der Waals surface area contributed by atoms with Crippen molar-refractivity contribution in [2.75, 3.05) is 0 Å². The van der Waals surface area contributed by atoms with E-state index in [0.29, 0.717) is 6.42 Å². The van der Waals surface area contributed by atoms with Crippen LogP contribution in [0.15, 0.2) is 24.0 Å². The molecule has 0 spiro atoms. The van der Waals surface area contributed by atoms with Crippen molar-refractivity contribution in [3.63, 3.8) is 0 Å². The third kappa shape index (κ3) is 1.93. The molecule has 4 nitrogen and oxygen atoms in total. The summed E-state index contributed by atoms with van der Waals surface area (Å²) in [6.07, 6.45) is 5.10. The van der Waals surface area contributed by atoms with Gasteiger partial charge in [0.05, 0.1) is 17.3 Å². The van der Waals surface area contributed by atoms with Gasteiger partial charge in [-0.15, -0.1) is 11.3 Å². The minimum atomic E-state index is -0.509. The summed E-state index contributed by atoms with van der Waals surface area (Å²) in [5.74, 6) is 0. The number of thiazole rings is 1. The zero-order chi connectivity index (χ0) is 9.10. The quantitative estimate of drug-likeness (QED) is 0.772. The van der Waals surface area contributed by atoms with Crippen molar-refractivity contribution in [2.45, 2.75) is 12.5 Å². The molecule has 0 aliphatic heterocycles. The largest absolute Gasteiger partial charge is 0.388 e. The molecule has 2 N–H and O–H groups in total. The SMILES string of the molecule is OC(Cc1nccs1)c1cn[nH]c1. The van der Waals surface area contributed by atoms with Gasteiger partial charge in [0.15, 0.2) is 0 Å². The minimum absolute atomic E-state index is 0.509. The van der Waals surface area contributed by atoms with Crippen LogP contribution in [0.4, 0.5) is 0 Å². The first kappa shape index (κ1) is 8.40. The van der Waals surface area contributed by atoms with Crippen LogP contribution in [0.5, 0.6) is 0 Å². The van der Waals surface area contributed by atoms with E-state index in [1.54, 1.807) is 29.9 Å². The summed E-state index contributed by atoms with van der Waals surface area (Å²) in [6, 6.07) is 0. The summed E-state index contributed by atoms with van der Waals surface area (Å²) in [5.41, 5.74) is 0.801. The number of H-pyrrole nitrogens is 1. The molecule has 0 saturated heterocycles. The van der Waals surface area contributed by atoms with E-state index in [9.17, 15) is 5.11 Å². The third-order valence-electron chi connectivity index (χ3n) is 1.76. The number of hydrogen-bond donors (Lipinski definition) is 2. The van der Waals surface area contributed by atoms with Crippen LogP contribution in [0.1, 0.15) is 16.7 Å². The molecule has 0 amide bonds. The van der Waals surface area contributed by atoms with Crippen LogP contribution in [0, 0.1) is 0 Å². The first-order valence-corrected chi connectivity index (χ1v) is 4.79. The van der Waals surface area contributed by atoms with Crippen LogP contribution < -0.4 is 0 Å². The van der Waals surface area contributed by atoms with E-state index in [2.05, 4.69) is 15.2 Å². The molecule has 2 heterocycles. The van der Waals surface area contributed by atoms with Crippen molar-refractivity contribution < 1.29 is 5.11 Å². The van der Waals surface area contributed by atoms with Crippen LogP contribution in [0.3, 0.4) is 0 Å². The fourth-order valence-electron chi connectivity index (χ4n) is 1.08. The fraction of sp³-hybridized carbons (Fsp3) is 0.250. The molecule has 0 fully saturated rings. The predicted molar refractivity (Wildman–Crippen MR) is 49.4 cm³/mol. The number of aromatic amines is 1. The minimum Gasteiger partial charge on any atom is -0.388 e. The van der Waals surface area contributed by atoms with Crippen LogP contribution in [-0.2, 0) is 6.42 Å². The highest BCUT2D eigenvalue weighted by Crippen LogP contribution is 2.17. The topological polar surface area (TPSA) is 61.8 Å². The van der Waals surface area contributed by atoms with Gasteiger partial charge in [-0.1, -0.05) is 0 Å². The Morgan fingerprint density at radius 1 is 1.62 bits per heavy atom. The Morgan fingerprint density at radius 3 is 3.15 bits per heavy atom. The molecule has 2 aromatic rings. The highest BCUT2D eigenvalue weighted by Gasteiger charge is 2.10. The smallest absolute Gasteiger partial charge is 0.0954 e. The van der Waals surface area contributed by atoms with E-state index in [-0.39, 0.29) is 0 Å². The van der Waals surface area contributed by atoms with Crippen molar-refractivity contribution >= 4 is 11.3 Å². The molecule has 5 heteroatoms. The lowest BCUT2D eigenvalue weighted by atomic mass is 10.1. The van der Waals surface area contributed by atoms with Crippen LogP contribution in [-0.4, -0.2) is 20.3 Å². The summed E-state index contributed by atoms with van der Waals surface area (Å²) in [5, 5.41) is 19.0. The van der Waals surface area contributed by atoms with E-state index < -0.39 is 6.10 Å². The molecule has 1 atom stereocenters. The second-order valence-corrected chi connectivity index (χ2v) is 3.66. The predicted octanol–water partition coefficient (Wildman–Crippen LogP) is 1.14. The Bertz CT molecular complexity index is 343. The van der Waals surface area contributed by atoms with Gasteiger partial charge in [-0.3, -0.25) is 5.10 Å². The van der Waals surface area contributed by atoms with Gasteiger partial charge in [0.2, 0.25) is 0 Å². The van der Waals surface area contributed by atoms with E-state index in [1.165, 1.54) is 0 Å². The van der Waals surface area contributed by atoms with Gasteiger partial charge in [-0.25, -0.2) is 4.98 Å². The highest BCUT2D eigenvalue weighted by molar-refractivity contribution is 7.09. The van der Waals surface area contributed by atoms with Gasteiger partial charge in [-0.05, 0) is 0 Å². The molecule has 13 heavy (non-hydrogen) atoms. The summed E-state index contributed by atoms with van der Waals surface area (Å²) in [6.45, 7) is 0. The Kier molecular flexibility index (Phi) is 2.37. The highest BCUT2D eigenvalue weighted by atomic mass is 32.1. The Hall–Kier alpha value is -1.20. The van der Waals surface area contributed by atoms with Crippen molar-refractivity contribution in [1.82, 2.24) is 15.2 Å². The molecule has 0 bridgehead atoms. The Balaban J connectivity index is 2.04. The van der Waals surface area contributed by atoms with Gasteiger partial charge in [-0.2, -0.15) is 5.10 Å². The fourth-order valence-corrected chi connectivity index (χ4v) is 1.73. The lowest BCUT2D eigenvalue weighted by Crippen LogP contribution is -1.99. The van der Waals surface area contributed by atoms with Gasteiger partial charge >= 0.3 is 0 Å². The second kappa shape index (κ2) is 3.68. The van der Waals surface area contributed by atoms with Gasteiger partial charge in [0.1, 0.15) is 0 Å². The number of nitrogens with zero attached hydrogens (tertiary/aromatic N) is 2. The van der Waals surface area contributed by atoms with E-state index >= 15 is 0 Å². The molecule has 0 aromatic carbocycles. The zero-order valence-electron chi connectivity index (χ0n) is 6.84. The average Bonchev–Trinajstić information content (AvgIpc) is 2.74. The van der Waals surface area contributed by atoms with E-state index in [0.717, 1.165) is 10.6 Å². The number of rotatable bonds is 3. The van der Waals surface area contributed by atoms with E-state index in [4.69, 9.17) is 0 Å². The van der Waals surface area contributed by atoms with E-state index in [1.807, 2.05) is 5.38 Å². The molecule has 0 saturated carbocycles. The maximum Gasteiger partial charge on any atom is 0.0954 e. The van der Waals surface area contributed by atoms with Crippen molar-refractivity contribution in [2.24, 2.45) is 0 Å². The van der Waals surface area contributed by atoms with Crippen molar-refractivity contribution in [3.8, 4) is 0 Å². The molecule has 0 radical (unpaired) electrons. The molecule has 0 aliphatic carbocycles. The standard InChI is InChI=1S/C8H9N3OS/c12-7(6-4-10-11-5-6)3-8-9-1-2-13-8/h1-2,4-5,7,12H,3H2,(H,10,11). The maximum absolute atomic E-state index is 9.69. The molecule has 68 valence electrons. The monoisotopic (exact) mass is 195 g/mol. The first-order valence-electron chi connectivity index (χ1n) is 3.91. The lowest BCUT2D eigenvalue weighted by Gasteiger charge is -2.04. The molecule has 1 unspecified atom stereocenters. The summed E-state index contributed by atoms with van der Waals surface area (Å²) >= 11 is 1.55. The van der Waals surface area contributed by atoms with Crippen LogP contribution >= 0.6 is 11.3 Å². The maximum atomic E-state index is 9.69. The number of hydrogen-bond acceptors (Lipinski definition) is 4. The lowest BCUT2D eigenvalue weighted by molar-refractivity contribution is 0.178. The molecular formula is C8H9N3OS. The summed E-state index contributed by atoms with van der Waals surface area (Å²) in [4.78, 5) is 4.09. The second-order valence-electron chi connectivity index (χ2n) is 2.68. The molecule has 2 rings (SSSR count). The Morgan fingerprint density at radius 2 is 2.54 bits per heavy atom. The Labute approximate surface area is 79.3 Å². The normalized spacial score (nSPS) is 13.0. The third-order valence-corrected chi connectivity index (χ3v) is 2.56. The van der Waals surface area contributed by atoms with Crippen molar-refractivity contribution in [3.05, 3.63) is 34.5 Å². The number of aliphatic hydroxyl groups is 1. The number of nitrogens with one attached hydrogen (secondary N) is 1. The summed E-state index contributed by atoms with van der Waals surface area (Å²) < 4.78 is 0. The first-order chi connectivity index (χ1) is 6.36. The van der Waals surface area contributed by atoms with Gasteiger partial charge in [0.25, 0.3) is 0 Å². The van der Waals surface area contributed by atoms with Gasteiger partial charge in [0, 0.05) is 29.8 Å². The zero-order valence-corrected chi connectivity index (χ0v) is 7.66.